The van der Waals surface area contributed by atoms with E-state index in [2.05, 4.69) is 46.1 Å². The van der Waals surface area contributed by atoms with Crippen molar-refractivity contribution in [1.82, 2.24) is 9.97 Å². The zero-order valence-electron chi connectivity index (χ0n) is 14.2. The zero-order valence-corrected chi connectivity index (χ0v) is 14.2. The molecule has 3 aromatic rings. The Kier molecular flexibility index (Phi) is 4.79. The maximum absolute atomic E-state index is 5.50. The van der Waals surface area contributed by atoms with Crippen LogP contribution in [-0.2, 0) is 6.54 Å². The van der Waals surface area contributed by atoms with Crippen molar-refractivity contribution in [2.45, 2.75) is 13.5 Å². The largest absolute Gasteiger partial charge is 0.493 e. The standard InChI is InChI=1S/C19H21N3O2/c1-4-22(12-14-8-6-5-7-9-14)19-15-10-11-16(23-2)18(24-3)17(15)20-13-21-19/h5-11,13H,4,12H2,1-3H3. The summed E-state index contributed by atoms with van der Waals surface area (Å²) in [6.07, 6.45) is 1.58. The molecule has 0 N–H and O–H groups in total. The molecule has 124 valence electrons. The van der Waals surface area contributed by atoms with Crippen LogP contribution in [0.15, 0.2) is 48.8 Å². The van der Waals surface area contributed by atoms with E-state index in [1.807, 2.05) is 18.2 Å². The van der Waals surface area contributed by atoms with Gasteiger partial charge in [0.15, 0.2) is 11.5 Å². The van der Waals surface area contributed by atoms with Gasteiger partial charge in [-0.05, 0) is 24.6 Å². The van der Waals surface area contributed by atoms with Crippen molar-refractivity contribution in [3.05, 3.63) is 54.4 Å². The maximum atomic E-state index is 5.50. The van der Waals surface area contributed by atoms with Crippen LogP contribution in [0.2, 0.25) is 0 Å². The molecule has 0 aliphatic carbocycles. The van der Waals surface area contributed by atoms with Crippen molar-refractivity contribution >= 4 is 16.7 Å². The highest BCUT2D eigenvalue weighted by atomic mass is 16.5. The fourth-order valence-electron chi connectivity index (χ4n) is 2.82. The Labute approximate surface area is 141 Å². The summed E-state index contributed by atoms with van der Waals surface area (Å²) < 4.78 is 10.9. The lowest BCUT2D eigenvalue weighted by Crippen LogP contribution is -2.23. The van der Waals surface area contributed by atoms with E-state index in [0.29, 0.717) is 11.5 Å². The Hall–Kier alpha value is -2.82. The zero-order chi connectivity index (χ0) is 16.9. The second kappa shape index (κ2) is 7.17. The van der Waals surface area contributed by atoms with Crippen molar-refractivity contribution in [3.63, 3.8) is 0 Å². The van der Waals surface area contributed by atoms with Crippen LogP contribution in [0.4, 0.5) is 5.82 Å². The van der Waals surface area contributed by atoms with Crippen LogP contribution >= 0.6 is 0 Å². The van der Waals surface area contributed by atoms with Crippen LogP contribution in [0.5, 0.6) is 11.5 Å². The van der Waals surface area contributed by atoms with E-state index in [1.165, 1.54) is 5.56 Å². The third kappa shape index (κ3) is 2.97. The lowest BCUT2D eigenvalue weighted by atomic mass is 10.1. The Morgan fingerprint density at radius 1 is 0.958 bits per heavy atom. The molecule has 0 amide bonds. The topological polar surface area (TPSA) is 47.5 Å². The average molecular weight is 323 g/mol. The number of fused-ring (bicyclic) bond motifs is 1. The van der Waals surface area contributed by atoms with E-state index in [4.69, 9.17) is 9.47 Å². The predicted molar refractivity (Wildman–Crippen MR) is 95.8 cm³/mol. The average Bonchev–Trinajstić information content (AvgIpc) is 2.65. The SMILES string of the molecule is CCN(Cc1ccccc1)c1ncnc2c(OC)c(OC)ccc12. The lowest BCUT2D eigenvalue weighted by Gasteiger charge is -2.23. The number of benzene rings is 2. The Bertz CT molecular complexity index is 821. The molecule has 5 heteroatoms. The molecule has 0 aliphatic rings. The minimum absolute atomic E-state index is 0.634. The van der Waals surface area contributed by atoms with Gasteiger partial charge in [0.2, 0.25) is 0 Å². The first kappa shape index (κ1) is 16.1. The first-order valence-corrected chi connectivity index (χ1v) is 7.93. The second-order valence-corrected chi connectivity index (χ2v) is 5.39. The summed E-state index contributed by atoms with van der Waals surface area (Å²) in [5.74, 6) is 2.20. The summed E-state index contributed by atoms with van der Waals surface area (Å²) in [5.41, 5.74) is 2.00. The van der Waals surface area contributed by atoms with Crippen LogP contribution in [0.3, 0.4) is 0 Å². The van der Waals surface area contributed by atoms with Gasteiger partial charge >= 0.3 is 0 Å². The van der Waals surface area contributed by atoms with E-state index in [0.717, 1.165) is 29.8 Å². The number of hydrogen-bond donors (Lipinski definition) is 0. The third-order valence-electron chi connectivity index (χ3n) is 4.02. The van der Waals surface area contributed by atoms with Gasteiger partial charge < -0.3 is 14.4 Å². The van der Waals surface area contributed by atoms with Gasteiger partial charge in [0.25, 0.3) is 0 Å². The van der Waals surface area contributed by atoms with Crippen LogP contribution in [0.25, 0.3) is 10.9 Å². The van der Waals surface area contributed by atoms with Gasteiger partial charge in [-0.25, -0.2) is 9.97 Å². The van der Waals surface area contributed by atoms with Gasteiger partial charge in [-0.1, -0.05) is 30.3 Å². The quantitative estimate of drug-likeness (QED) is 0.692. The minimum Gasteiger partial charge on any atom is -0.493 e. The number of hydrogen-bond acceptors (Lipinski definition) is 5. The summed E-state index contributed by atoms with van der Waals surface area (Å²) >= 11 is 0. The second-order valence-electron chi connectivity index (χ2n) is 5.39. The highest BCUT2D eigenvalue weighted by Gasteiger charge is 2.16. The van der Waals surface area contributed by atoms with E-state index in [9.17, 15) is 0 Å². The smallest absolute Gasteiger partial charge is 0.187 e. The Morgan fingerprint density at radius 3 is 2.42 bits per heavy atom. The normalized spacial score (nSPS) is 10.6. The van der Waals surface area contributed by atoms with E-state index in [1.54, 1.807) is 20.5 Å². The van der Waals surface area contributed by atoms with Gasteiger partial charge in [-0.15, -0.1) is 0 Å². The van der Waals surface area contributed by atoms with Crippen molar-refractivity contribution in [1.29, 1.82) is 0 Å². The van der Waals surface area contributed by atoms with Crippen molar-refractivity contribution in [3.8, 4) is 11.5 Å². The minimum atomic E-state index is 0.634. The number of anilines is 1. The molecule has 1 heterocycles. The number of ether oxygens (including phenoxy) is 2. The van der Waals surface area contributed by atoms with Gasteiger partial charge in [-0.3, -0.25) is 0 Å². The molecule has 0 radical (unpaired) electrons. The van der Waals surface area contributed by atoms with E-state index >= 15 is 0 Å². The molecule has 3 rings (SSSR count). The number of aromatic nitrogens is 2. The van der Waals surface area contributed by atoms with Crippen LogP contribution in [-0.4, -0.2) is 30.7 Å². The molecule has 1 aromatic heterocycles. The van der Waals surface area contributed by atoms with Crippen LogP contribution in [0, 0.1) is 0 Å². The number of nitrogens with zero attached hydrogens (tertiary/aromatic N) is 3. The number of rotatable bonds is 6. The molecular weight excluding hydrogens is 302 g/mol. The highest BCUT2D eigenvalue weighted by molar-refractivity contribution is 5.95. The van der Waals surface area contributed by atoms with E-state index in [-0.39, 0.29) is 0 Å². The molecule has 0 saturated carbocycles. The Morgan fingerprint density at radius 2 is 1.75 bits per heavy atom. The van der Waals surface area contributed by atoms with Gasteiger partial charge in [0.05, 0.1) is 14.2 Å². The van der Waals surface area contributed by atoms with Crippen LogP contribution in [0.1, 0.15) is 12.5 Å². The maximum Gasteiger partial charge on any atom is 0.187 e. The molecule has 2 aromatic carbocycles. The summed E-state index contributed by atoms with van der Waals surface area (Å²) in [4.78, 5) is 11.2. The summed E-state index contributed by atoms with van der Waals surface area (Å²) in [6.45, 7) is 3.75. The summed E-state index contributed by atoms with van der Waals surface area (Å²) in [6, 6.07) is 14.2. The van der Waals surface area contributed by atoms with Crippen molar-refractivity contribution in [2.75, 3.05) is 25.7 Å². The summed E-state index contributed by atoms with van der Waals surface area (Å²) in [7, 11) is 3.25. The van der Waals surface area contributed by atoms with Gasteiger partial charge in [0.1, 0.15) is 17.7 Å². The first-order valence-electron chi connectivity index (χ1n) is 7.93. The van der Waals surface area contributed by atoms with Crippen molar-refractivity contribution < 1.29 is 9.47 Å². The van der Waals surface area contributed by atoms with Crippen molar-refractivity contribution in [2.24, 2.45) is 0 Å². The fraction of sp³-hybridized carbons (Fsp3) is 0.263. The molecule has 0 fully saturated rings. The molecule has 24 heavy (non-hydrogen) atoms. The van der Waals surface area contributed by atoms with Crippen LogP contribution < -0.4 is 14.4 Å². The van der Waals surface area contributed by atoms with E-state index < -0.39 is 0 Å². The number of methoxy groups -OCH3 is 2. The third-order valence-corrected chi connectivity index (χ3v) is 4.02. The van der Waals surface area contributed by atoms with Gasteiger partial charge in [0, 0.05) is 18.5 Å². The first-order chi connectivity index (χ1) is 11.8. The molecular formula is C19H21N3O2. The van der Waals surface area contributed by atoms with Gasteiger partial charge in [-0.2, -0.15) is 0 Å². The Balaban J connectivity index is 2.08. The highest BCUT2D eigenvalue weighted by Crippen LogP contribution is 2.37. The predicted octanol–water partition coefficient (Wildman–Crippen LogP) is 3.67. The lowest BCUT2D eigenvalue weighted by molar-refractivity contribution is 0.358. The molecule has 0 unspecified atom stereocenters. The molecule has 0 atom stereocenters. The molecule has 0 spiro atoms. The fourth-order valence-corrected chi connectivity index (χ4v) is 2.82. The monoisotopic (exact) mass is 323 g/mol. The molecule has 0 bridgehead atoms. The molecule has 0 aliphatic heterocycles. The molecule has 5 nitrogen and oxygen atoms in total. The molecule has 0 saturated heterocycles. The summed E-state index contributed by atoms with van der Waals surface area (Å²) in [5, 5.41) is 0.952.